The van der Waals surface area contributed by atoms with E-state index in [9.17, 15) is 14.4 Å². The molecule has 0 fully saturated rings. The largest absolute Gasteiger partial charge is 0.463 e. The lowest BCUT2D eigenvalue weighted by Crippen LogP contribution is -2.42. The van der Waals surface area contributed by atoms with Crippen LogP contribution in [0.3, 0.4) is 0 Å². The van der Waals surface area contributed by atoms with Gasteiger partial charge in [-0.25, -0.2) is 4.79 Å². The van der Waals surface area contributed by atoms with Crippen molar-refractivity contribution in [3.63, 3.8) is 0 Å². The summed E-state index contributed by atoms with van der Waals surface area (Å²) in [6.45, 7) is 8.96. The van der Waals surface area contributed by atoms with Crippen molar-refractivity contribution in [2.75, 3.05) is 19.8 Å². The average Bonchev–Trinajstić information content (AvgIpc) is 2.87. The Kier molecular flexibility index (Phi) is 17.4. The van der Waals surface area contributed by atoms with Gasteiger partial charge in [-0.15, -0.1) is 0 Å². The van der Waals surface area contributed by atoms with Gasteiger partial charge in [0.2, 0.25) is 5.91 Å². The van der Waals surface area contributed by atoms with E-state index in [4.69, 9.17) is 9.47 Å². The van der Waals surface area contributed by atoms with Gasteiger partial charge in [-0.1, -0.05) is 109 Å². The molecule has 1 aromatic carbocycles. The van der Waals surface area contributed by atoms with Crippen LogP contribution in [-0.4, -0.2) is 37.6 Å². The van der Waals surface area contributed by atoms with E-state index < -0.39 is 30.9 Å². The van der Waals surface area contributed by atoms with Crippen molar-refractivity contribution in [1.82, 2.24) is 5.32 Å². The summed E-state index contributed by atoms with van der Waals surface area (Å²) < 4.78 is 10.1. The standard InChI is InChI=1S/C31H51NO5/c1-5-8-9-10-11-12-13-14-17-22-36-30(35)24-37-29(34)23-28(33)32-25-31(20-6-2,21-7-3)27-19-16-15-18-26(27)4/h15-16,18-19H,5-14,17,20-25H2,1-4H3,(H,32,33). The number of esters is 2. The minimum Gasteiger partial charge on any atom is -0.463 e. The van der Waals surface area contributed by atoms with Crippen molar-refractivity contribution in [1.29, 1.82) is 0 Å². The van der Waals surface area contributed by atoms with Gasteiger partial charge in [0.25, 0.3) is 0 Å². The highest BCUT2D eigenvalue weighted by atomic mass is 16.6. The number of benzene rings is 1. The number of hydrogen-bond donors (Lipinski definition) is 1. The maximum absolute atomic E-state index is 12.5. The summed E-state index contributed by atoms with van der Waals surface area (Å²) in [5, 5.41) is 2.95. The molecule has 0 atom stereocenters. The molecule has 0 spiro atoms. The number of amides is 1. The zero-order valence-electron chi connectivity index (χ0n) is 23.9. The highest BCUT2D eigenvalue weighted by molar-refractivity contribution is 5.94. The fraction of sp³-hybridized carbons (Fsp3) is 0.710. The second-order valence-corrected chi connectivity index (χ2v) is 10.3. The van der Waals surface area contributed by atoms with Gasteiger partial charge in [0.15, 0.2) is 6.61 Å². The number of aryl methyl sites for hydroxylation is 1. The van der Waals surface area contributed by atoms with E-state index in [-0.39, 0.29) is 5.41 Å². The van der Waals surface area contributed by atoms with Gasteiger partial charge in [-0.3, -0.25) is 9.59 Å². The summed E-state index contributed by atoms with van der Waals surface area (Å²) in [4.78, 5) is 36.5. The predicted molar refractivity (Wildman–Crippen MR) is 149 cm³/mol. The first-order chi connectivity index (χ1) is 17.9. The molecule has 0 saturated carbocycles. The lowest BCUT2D eigenvalue weighted by atomic mass is 9.71. The van der Waals surface area contributed by atoms with Crippen LogP contribution in [0.4, 0.5) is 0 Å². The quantitative estimate of drug-likeness (QED) is 0.108. The fourth-order valence-electron chi connectivity index (χ4n) is 5.08. The van der Waals surface area contributed by atoms with Crippen LogP contribution in [0.2, 0.25) is 0 Å². The number of carbonyl (C=O) groups excluding carboxylic acids is 3. The highest BCUT2D eigenvalue weighted by Crippen LogP contribution is 2.35. The maximum atomic E-state index is 12.5. The van der Waals surface area contributed by atoms with E-state index in [0.29, 0.717) is 13.2 Å². The zero-order chi connectivity index (χ0) is 27.4. The summed E-state index contributed by atoms with van der Waals surface area (Å²) in [6.07, 6.45) is 14.2. The minimum atomic E-state index is -0.718. The SMILES string of the molecule is CCCCCCCCCCCOC(=O)COC(=O)CC(=O)NCC(CCC)(CCC)c1ccccc1C. The summed E-state index contributed by atoms with van der Waals surface area (Å²) in [5.41, 5.74) is 2.28. The van der Waals surface area contributed by atoms with Crippen molar-refractivity contribution in [2.45, 2.75) is 123 Å². The van der Waals surface area contributed by atoms with Crippen LogP contribution in [0.1, 0.15) is 122 Å². The van der Waals surface area contributed by atoms with E-state index in [1.165, 1.54) is 49.7 Å². The smallest absolute Gasteiger partial charge is 0.344 e. The number of ether oxygens (including phenoxy) is 2. The molecule has 0 aromatic heterocycles. The maximum Gasteiger partial charge on any atom is 0.344 e. The van der Waals surface area contributed by atoms with Crippen LogP contribution >= 0.6 is 0 Å². The molecule has 1 N–H and O–H groups in total. The number of unbranched alkanes of at least 4 members (excludes halogenated alkanes) is 8. The molecule has 210 valence electrons. The Hall–Kier alpha value is -2.37. The van der Waals surface area contributed by atoms with Crippen LogP contribution in [-0.2, 0) is 29.3 Å². The highest BCUT2D eigenvalue weighted by Gasteiger charge is 2.32. The van der Waals surface area contributed by atoms with Crippen LogP contribution in [0.15, 0.2) is 24.3 Å². The van der Waals surface area contributed by atoms with Gasteiger partial charge in [0.05, 0.1) is 6.61 Å². The normalized spacial score (nSPS) is 11.2. The molecule has 0 bridgehead atoms. The Morgan fingerprint density at radius 1 is 0.757 bits per heavy atom. The summed E-state index contributed by atoms with van der Waals surface area (Å²) in [5.74, 6) is -1.68. The molecule has 1 aromatic rings. The van der Waals surface area contributed by atoms with Gasteiger partial charge < -0.3 is 14.8 Å². The number of carbonyl (C=O) groups is 3. The van der Waals surface area contributed by atoms with E-state index in [1.54, 1.807) is 0 Å². The Balaban J connectivity index is 2.33. The molecule has 0 aliphatic carbocycles. The third-order valence-corrected chi connectivity index (χ3v) is 6.96. The van der Waals surface area contributed by atoms with E-state index in [0.717, 1.165) is 44.9 Å². The van der Waals surface area contributed by atoms with Crippen LogP contribution in [0.25, 0.3) is 0 Å². The summed E-state index contributed by atoms with van der Waals surface area (Å²) >= 11 is 0. The molecule has 37 heavy (non-hydrogen) atoms. The van der Waals surface area contributed by atoms with E-state index in [1.807, 2.05) is 12.1 Å². The second kappa shape index (κ2) is 19.7. The van der Waals surface area contributed by atoms with Gasteiger partial charge in [-0.05, 0) is 37.3 Å². The number of hydrogen-bond acceptors (Lipinski definition) is 5. The molecule has 0 aliphatic rings. The van der Waals surface area contributed by atoms with Crippen molar-refractivity contribution < 1.29 is 23.9 Å². The Morgan fingerprint density at radius 2 is 1.35 bits per heavy atom. The molecule has 1 rings (SSSR count). The van der Waals surface area contributed by atoms with Crippen molar-refractivity contribution in [3.8, 4) is 0 Å². The Bertz CT molecular complexity index is 786. The number of rotatable bonds is 21. The predicted octanol–water partition coefficient (Wildman–Crippen LogP) is 6.96. The third-order valence-electron chi connectivity index (χ3n) is 6.96. The first-order valence-corrected chi connectivity index (χ1v) is 14.5. The Labute approximate surface area is 225 Å². The topological polar surface area (TPSA) is 81.7 Å². The van der Waals surface area contributed by atoms with Crippen LogP contribution in [0, 0.1) is 6.92 Å². The molecule has 6 heteroatoms. The van der Waals surface area contributed by atoms with Crippen molar-refractivity contribution in [2.24, 2.45) is 0 Å². The lowest BCUT2D eigenvalue weighted by molar-refractivity contribution is -0.159. The molecule has 6 nitrogen and oxygen atoms in total. The first-order valence-electron chi connectivity index (χ1n) is 14.5. The Morgan fingerprint density at radius 3 is 1.95 bits per heavy atom. The van der Waals surface area contributed by atoms with E-state index >= 15 is 0 Å². The van der Waals surface area contributed by atoms with Gasteiger partial charge >= 0.3 is 11.9 Å². The third kappa shape index (κ3) is 13.7. The molecule has 1 amide bonds. The molecule has 0 saturated heterocycles. The van der Waals surface area contributed by atoms with E-state index in [2.05, 4.69) is 45.1 Å². The first kappa shape index (κ1) is 32.7. The van der Waals surface area contributed by atoms with Gasteiger partial charge in [-0.2, -0.15) is 0 Å². The van der Waals surface area contributed by atoms with Gasteiger partial charge in [0, 0.05) is 12.0 Å². The average molecular weight is 518 g/mol. The van der Waals surface area contributed by atoms with Crippen LogP contribution < -0.4 is 5.32 Å². The second-order valence-electron chi connectivity index (χ2n) is 10.3. The summed E-state index contributed by atoms with van der Waals surface area (Å²) in [7, 11) is 0. The molecule has 0 heterocycles. The lowest BCUT2D eigenvalue weighted by Gasteiger charge is -2.36. The minimum absolute atomic E-state index is 0.173. The summed E-state index contributed by atoms with van der Waals surface area (Å²) in [6, 6.07) is 8.30. The van der Waals surface area contributed by atoms with Crippen molar-refractivity contribution in [3.05, 3.63) is 35.4 Å². The zero-order valence-corrected chi connectivity index (χ0v) is 23.9. The molecule has 0 aliphatic heterocycles. The van der Waals surface area contributed by atoms with Gasteiger partial charge in [0.1, 0.15) is 6.42 Å². The monoisotopic (exact) mass is 517 g/mol. The van der Waals surface area contributed by atoms with Crippen molar-refractivity contribution >= 4 is 17.8 Å². The number of nitrogens with one attached hydrogen (secondary N) is 1. The fourth-order valence-corrected chi connectivity index (χ4v) is 5.08. The van der Waals surface area contributed by atoms with Crippen LogP contribution in [0.5, 0.6) is 0 Å². The molecular weight excluding hydrogens is 466 g/mol. The molecule has 0 radical (unpaired) electrons. The molecule has 0 unspecified atom stereocenters. The molecular formula is C31H51NO5.